The Bertz CT molecular complexity index is 1900. The number of carbonyl (C=O) groups excluding carboxylic acids is 2. The van der Waals surface area contributed by atoms with Crippen molar-refractivity contribution in [2.45, 2.75) is 49.4 Å². The van der Waals surface area contributed by atoms with Crippen molar-refractivity contribution in [1.29, 1.82) is 0 Å². The first kappa shape index (κ1) is 36.7. The van der Waals surface area contributed by atoms with E-state index in [-0.39, 0.29) is 62.3 Å². The number of amides is 2. The lowest BCUT2D eigenvalue weighted by atomic mass is 9.88. The normalized spacial score (nSPS) is 23.3. The van der Waals surface area contributed by atoms with Gasteiger partial charge in [0.05, 0.1) is 23.6 Å². The van der Waals surface area contributed by atoms with Crippen molar-refractivity contribution in [2.75, 3.05) is 38.0 Å². The minimum atomic E-state index is -5.11. The molecule has 10 nitrogen and oxygen atoms in total. The molecule has 6 rings (SSSR count). The summed E-state index contributed by atoms with van der Waals surface area (Å²) in [6.07, 6.45) is -3.01. The molecule has 2 aromatic carbocycles. The van der Waals surface area contributed by atoms with Crippen LogP contribution in [0.25, 0.3) is 0 Å². The van der Waals surface area contributed by atoms with Crippen LogP contribution in [0.15, 0.2) is 54.9 Å². The van der Waals surface area contributed by atoms with Crippen LogP contribution in [0.5, 0.6) is 0 Å². The van der Waals surface area contributed by atoms with Gasteiger partial charge in [0.1, 0.15) is 23.3 Å². The number of nitrogens with zero attached hydrogens (tertiary/aromatic N) is 3. The number of anilines is 1. The molecule has 1 aromatic heterocycles. The zero-order chi connectivity index (χ0) is 36.7. The predicted octanol–water partition coefficient (Wildman–Crippen LogP) is 4.00. The Morgan fingerprint density at radius 1 is 0.980 bits per heavy atom. The van der Waals surface area contributed by atoms with Gasteiger partial charge in [0.25, 0.3) is 10.2 Å². The maximum Gasteiger partial charge on any atom is 0.471 e. The van der Waals surface area contributed by atoms with Gasteiger partial charge < -0.3 is 16.0 Å². The first-order valence-corrected chi connectivity index (χ1v) is 17.5. The van der Waals surface area contributed by atoms with Crippen LogP contribution in [-0.4, -0.2) is 84.3 Å². The van der Waals surface area contributed by atoms with E-state index in [4.69, 9.17) is 0 Å². The van der Waals surface area contributed by atoms with Gasteiger partial charge in [0.2, 0.25) is 5.91 Å². The smallest absolute Gasteiger partial charge is 0.344 e. The predicted molar refractivity (Wildman–Crippen MR) is 169 cm³/mol. The van der Waals surface area contributed by atoms with E-state index in [9.17, 15) is 44.3 Å². The zero-order valence-corrected chi connectivity index (χ0v) is 27.6. The number of benzene rings is 2. The number of alkyl halides is 3. The number of aromatic nitrogens is 1. The molecule has 4 atom stereocenters. The second kappa shape index (κ2) is 14.1. The monoisotopic (exact) mass is 742 g/mol. The van der Waals surface area contributed by atoms with E-state index >= 15 is 4.39 Å². The molecule has 2 amide bonds. The van der Waals surface area contributed by atoms with E-state index in [0.29, 0.717) is 24.6 Å². The summed E-state index contributed by atoms with van der Waals surface area (Å²) in [6.45, 7) is 0.113. The summed E-state index contributed by atoms with van der Waals surface area (Å²) >= 11 is 0. The van der Waals surface area contributed by atoms with E-state index in [1.54, 1.807) is 0 Å². The fourth-order valence-corrected chi connectivity index (χ4v) is 9.12. The third-order valence-electron chi connectivity index (χ3n) is 9.65. The van der Waals surface area contributed by atoms with Crippen molar-refractivity contribution in [3.05, 3.63) is 94.8 Å². The van der Waals surface area contributed by atoms with Gasteiger partial charge >= 0.3 is 12.1 Å². The van der Waals surface area contributed by atoms with Gasteiger partial charge in [-0.25, -0.2) is 17.6 Å². The zero-order valence-electron chi connectivity index (χ0n) is 26.8. The molecule has 3 aromatic rings. The largest absolute Gasteiger partial charge is 0.471 e. The number of piperazine rings is 1. The molecular formula is C33H33F7N6O4S. The number of hydrogen-bond donors (Lipinski definition) is 3. The summed E-state index contributed by atoms with van der Waals surface area (Å²) in [5.74, 6) is -7.24. The Balaban J connectivity index is 1.18. The van der Waals surface area contributed by atoms with E-state index in [0.717, 1.165) is 34.8 Å². The lowest BCUT2D eigenvalue weighted by molar-refractivity contribution is -0.174. The van der Waals surface area contributed by atoms with Crippen LogP contribution in [0, 0.1) is 29.2 Å². The van der Waals surface area contributed by atoms with Crippen LogP contribution in [0.2, 0.25) is 0 Å². The van der Waals surface area contributed by atoms with Gasteiger partial charge in [-0.3, -0.25) is 14.6 Å². The number of halogens is 7. The van der Waals surface area contributed by atoms with E-state index in [1.807, 2.05) is 5.32 Å². The van der Waals surface area contributed by atoms with Crippen LogP contribution >= 0.6 is 0 Å². The summed E-state index contributed by atoms with van der Waals surface area (Å²) in [5.41, 5.74) is -0.422. The second-order valence-electron chi connectivity index (χ2n) is 13.0. The third-order valence-corrected chi connectivity index (χ3v) is 11.7. The molecule has 1 aliphatic carbocycles. The Morgan fingerprint density at radius 3 is 2.37 bits per heavy atom. The van der Waals surface area contributed by atoms with Gasteiger partial charge in [-0.1, -0.05) is 12.1 Å². The van der Waals surface area contributed by atoms with Gasteiger partial charge in [-0.2, -0.15) is 30.2 Å². The van der Waals surface area contributed by atoms with E-state index in [2.05, 4.69) is 15.6 Å². The molecule has 0 unspecified atom stereocenters. The van der Waals surface area contributed by atoms with Gasteiger partial charge in [-0.15, -0.1) is 0 Å². The Kier molecular flexibility index (Phi) is 10.1. The van der Waals surface area contributed by atoms with Crippen LogP contribution in [-0.2, 0) is 26.2 Å². The highest BCUT2D eigenvalue weighted by Crippen LogP contribution is 2.53. The third kappa shape index (κ3) is 7.88. The molecule has 0 radical (unpaired) electrons. The molecule has 274 valence electrons. The molecule has 18 heteroatoms. The Labute approximate surface area is 288 Å². The minimum absolute atomic E-state index is 0.00583. The summed E-state index contributed by atoms with van der Waals surface area (Å²) in [6, 6.07) is 6.83. The van der Waals surface area contributed by atoms with Crippen molar-refractivity contribution in [1.82, 2.24) is 24.2 Å². The maximum atomic E-state index is 15.4. The quantitative estimate of drug-likeness (QED) is 0.270. The lowest BCUT2D eigenvalue weighted by Gasteiger charge is -2.39. The van der Waals surface area contributed by atoms with E-state index < -0.39 is 74.9 Å². The van der Waals surface area contributed by atoms with Crippen LogP contribution in [0.3, 0.4) is 0 Å². The van der Waals surface area contributed by atoms with Gasteiger partial charge in [-0.05, 0) is 60.6 Å². The molecule has 1 spiro atoms. The molecule has 1 saturated carbocycles. The van der Waals surface area contributed by atoms with E-state index in [1.165, 1.54) is 22.6 Å². The van der Waals surface area contributed by atoms with Crippen molar-refractivity contribution >= 4 is 27.7 Å². The summed E-state index contributed by atoms with van der Waals surface area (Å²) in [5, 5.41) is 7.63. The summed E-state index contributed by atoms with van der Waals surface area (Å²) in [7, 11) is -4.21. The molecule has 3 fully saturated rings. The highest BCUT2D eigenvalue weighted by Gasteiger charge is 2.63. The molecule has 51 heavy (non-hydrogen) atoms. The van der Waals surface area contributed by atoms with Crippen LogP contribution < -0.4 is 16.0 Å². The standard InChI is InChI=1S/C33H33F7N6O4S/c34-22-3-1-19(2-4-22)26(20-9-23(35)12-24(36)10-20)13-30(47)44-29-16-42-15-28(37)27(29)11-21-14-32(21)18-41-6-8-46(32)51(49,50)45-7-5-25(17-45)43-31(48)33(38,39)40/h1-4,9-10,12,15-16,21,25-26,41H,5-8,11,13-14,17-18H2,(H,43,48)(H,44,47)/t21-,25-,26+,32+/m1/s1. The maximum absolute atomic E-state index is 15.4. The number of carbonyl (C=O) groups is 2. The number of nitrogens with one attached hydrogen (secondary N) is 3. The van der Waals surface area contributed by atoms with Crippen molar-refractivity contribution in [2.24, 2.45) is 5.92 Å². The minimum Gasteiger partial charge on any atom is -0.344 e. The Hall–Kier alpha value is -4.13. The average Bonchev–Trinajstić information content (AvgIpc) is 3.47. The van der Waals surface area contributed by atoms with Crippen molar-refractivity contribution in [3.8, 4) is 0 Å². The van der Waals surface area contributed by atoms with Crippen molar-refractivity contribution in [3.63, 3.8) is 0 Å². The number of rotatable bonds is 10. The second-order valence-corrected chi connectivity index (χ2v) is 14.8. The molecule has 2 aliphatic heterocycles. The summed E-state index contributed by atoms with van der Waals surface area (Å²) < 4.78 is 126. The molecule has 3 aliphatic rings. The van der Waals surface area contributed by atoms with Crippen molar-refractivity contribution < 1.29 is 48.7 Å². The highest BCUT2D eigenvalue weighted by atomic mass is 32.2. The fraction of sp³-hybridized carbons (Fsp3) is 0.424. The van der Waals surface area contributed by atoms with Crippen LogP contribution in [0.1, 0.15) is 41.9 Å². The first-order valence-electron chi connectivity index (χ1n) is 16.1. The van der Waals surface area contributed by atoms with Crippen LogP contribution in [0.4, 0.5) is 36.4 Å². The SMILES string of the molecule is O=C(C[C@@H](c1ccc(F)cc1)c1cc(F)cc(F)c1)Nc1cncc(F)c1C[C@@H]1C[C@]12CNCCN2S(=O)(=O)N1CC[C@@H](NC(=O)C(F)(F)F)C1. The Morgan fingerprint density at radius 2 is 1.69 bits per heavy atom. The fourth-order valence-electron chi connectivity index (χ4n) is 7.06. The molecule has 0 bridgehead atoms. The number of hydrogen-bond acceptors (Lipinski definition) is 6. The highest BCUT2D eigenvalue weighted by molar-refractivity contribution is 7.86. The molecular weight excluding hydrogens is 709 g/mol. The molecule has 2 saturated heterocycles. The topological polar surface area (TPSA) is 124 Å². The van der Waals surface area contributed by atoms with Gasteiger partial charge in [0.15, 0.2) is 0 Å². The lowest BCUT2D eigenvalue weighted by Crippen LogP contribution is -2.59. The first-order chi connectivity index (χ1) is 24.1. The number of pyridine rings is 1. The molecule has 3 heterocycles. The molecule has 3 N–H and O–H groups in total. The summed E-state index contributed by atoms with van der Waals surface area (Å²) in [4.78, 5) is 28.7. The van der Waals surface area contributed by atoms with Gasteiger partial charge in [0, 0.05) is 62.7 Å². The average molecular weight is 743 g/mol.